The number of carbonyl (C=O) groups is 3. The molecule has 0 aliphatic heterocycles. The number of benzene rings is 3. The Kier molecular flexibility index (Phi) is 8.02. The molecule has 6 heteroatoms. The van der Waals surface area contributed by atoms with Gasteiger partial charge in [-0.15, -0.1) is 0 Å². The maximum Gasteiger partial charge on any atom is 0.338 e. The smallest absolute Gasteiger partial charge is 0.338 e. The second-order valence-corrected chi connectivity index (χ2v) is 8.53. The summed E-state index contributed by atoms with van der Waals surface area (Å²) in [7, 11) is 1.48. The van der Waals surface area contributed by atoms with Gasteiger partial charge in [0.25, 0.3) is 0 Å². The molecular weight excluding hydrogens is 456 g/mol. The molecule has 0 aliphatic rings. The minimum atomic E-state index is -1.24. The average molecular weight is 485 g/mol. The van der Waals surface area contributed by atoms with Gasteiger partial charge in [-0.2, -0.15) is 0 Å². The minimum Gasteiger partial charge on any atom is -0.423 e. The lowest BCUT2D eigenvalue weighted by Crippen LogP contribution is -2.34. The first-order valence-electron chi connectivity index (χ1n) is 11.2. The van der Waals surface area contributed by atoms with E-state index in [1.165, 1.54) is 7.11 Å². The van der Waals surface area contributed by atoms with Crippen LogP contribution in [0.1, 0.15) is 36.7 Å². The lowest BCUT2D eigenvalue weighted by Gasteiger charge is -2.27. The molecule has 0 bridgehead atoms. The van der Waals surface area contributed by atoms with Gasteiger partial charge in [-0.3, -0.25) is 4.79 Å². The zero-order valence-corrected chi connectivity index (χ0v) is 20.8. The van der Waals surface area contributed by atoms with Crippen molar-refractivity contribution in [1.29, 1.82) is 0 Å². The van der Waals surface area contributed by atoms with Gasteiger partial charge >= 0.3 is 11.9 Å². The Morgan fingerprint density at radius 3 is 1.44 bits per heavy atom. The molecule has 0 aromatic heterocycles. The topological polar surface area (TPSA) is 78.9 Å². The van der Waals surface area contributed by atoms with Crippen molar-refractivity contribution in [1.82, 2.24) is 0 Å². The highest BCUT2D eigenvalue weighted by molar-refractivity contribution is 6.03. The van der Waals surface area contributed by atoms with E-state index >= 15 is 0 Å². The third-order valence-corrected chi connectivity index (χ3v) is 5.70. The van der Waals surface area contributed by atoms with Crippen LogP contribution in [0.15, 0.2) is 97.1 Å². The van der Waals surface area contributed by atoms with E-state index in [-0.39, 0.29) is 5.78 Å². The number of hydrogen-bond acceptors (Lipinski definition) is 6. The van der Waals surface area contributed by atoms with Crippen LogP contribution in [0.5, 0.6) is 11.5 Å². The van der Waals surface area contributed by atoms with Gasteiger partial charge in [0.1, 0.15) is 11.5 Å². The number of Topliss-reactive ketones (excluding diaryl/α,β-unsaturated/α-hetero) is 1. The molecule has 0 aliphatic carbocycles. The quantitative estimate of drug-likeness (QED) is 0.159. The SMILES string of the molecule is C=C(C)C(=O)Oc1ccc(-c2ccc(C(=O)C(C)(OC)c3ccc(OC(=O)C(=C)C)cc3)cc2)cc1. The predicted molar refractivity (Wildman–Crippen MR) is 138 cm³/mol. The molecule has 3 rings (SSSR count). The third-order valence-electron chi connectivity index (χ3n) is 5.70. The van der Waals surface area contributed by atoms with Crippen LogP contribution in [-0.2, 0) is 19.9 Å². The molecule has 0 saturated carbocycles. The van der Waals surface area contributed by atoms with Crippen LogP contribution < -0.4 is 9.47 Å². The highest BCUT2D eigenvalue weighted by atomic mass is 16.5. The van der Waals surface area contributed by atoms with Crippen molar-refractivity contribution in [3.63, 3.8) is 0 Å². The Hall–Kier alpha value is -4.29. The summed E-state index contributed by atoms with van der Waals surface area (Å²) >= 11 is 0. The van der Waals surface area contributed by atoms with Gasteiger partial charge in [-0.05, 0) is 61.7 Å². The molecule has 184 valence electrons. The zero-order chi connectivity index (χ0) is 26.5. The number of hydrogen-bond donors (Lipinski definition) is 0. The van der Waals surface area contributed by atoms with Crippen LogP contribution in [0.25, 0.3) is 11.1 Å². The van der Waals surface area contributed by atoms with E-state index in [4.69, 9.17) is 14.2 Å². The molecule has 0 spiro atoms. The number of ketones is 1. The summed E-state index contributed by atoms with van der Waals surface area (Å²) in [6.07, 6.45) is 0. The first kappa shape index (κ1) is 26.3. The van der Waals surface area contributed by atoms with Crippen LogP contribution in [0.3, 0.4) is 0 Å². The zero-order valence-electron chi connectivity index (χ0n) is 20.8. The molecule has 36 heavy (non-hydrogen) atoms. The maximum absolute atomic E-state index is 13.4. The molecule has 0 fully saturated rings. The molecular formula is C30H28O6. The van der Waals surface area contributed by atoms with Crippen molar-refractivity contribution < 1.29 is 28.6 Å². The molecule has 3 aromatic carbocycles. The number of rotatable bonds is 9. The van der Waals surface area contributed by atoms with Gasteiger partial charge in [0.05, 0.1) is 0 Å². The fourth-order valence-corrected chi connectivity index (χ4v) is 3.38. The summed E-state index contributed by atoms with van der Waals surface area (Å²) in [5.74, 6) is -0.437. The van der Waals surface area contributed by atoms with Crippen LogP contribution in [0.2, 0.25) is 0 Å². The molecule has 1 atom stereocenters. The Morgan fingerprint density at radius 1 is 0.667 bits per heavy atom. The van der Waals surface area contributed by atoms with Crippen molar-refractivity contribution in [2.45, 2.75) is 26.4 Å². The van der Waals surface area contributed by atoms with E-state index in [9.17, 15) is 14.4 Å². The van der Waals surface area contributed by atoms with E-state index < -0.39 is 17.5 Å². The fraction of sp³-hybridized carbons (Fsp3) is 0.167. The van der Waals surface area contributed by atoms with Gasteiger partial charge < -0.3 is 14.2 Å². The Labute approximate surface area is 210 Å². The van der Waals surface area contributed by atoms with Crippen molar-refractivity contribution in [3.05, 3.63) is 108 Å². The van der Waals surface area contributed by atoms with Gasteiger partial charge in [0.15, 0.2) is 11.4 Å². The van der Waals surface area contributed by atoms with E-state index in [1.807, 2.05) is 24.3 Å². The van der Waals surface area contributed by atoms with E-state index in [1.54, 1.807) is 69.3 Å². The van der Waals surface area contributed by atoms with E-state index in [0.717, 1.165) is 11.1 Å². The number of carbonyl (C=O) groups excluding carboxylic acids is 3. The van der Waals surface area contributed by atoms with Gasteiger partial charge in [-0.1, -0.05) is 61.7 Å². The Bertz CT molecular complexity index is 1300. The molecule has 0 amide bonds. The highest BCUT2D eigenvalue weighted by Gasteiger charge is 2.36. The monoisotopic (exact) mass is 484 g/mol. The Balaban J connectivity index is 1.77. The highest BCUT2D eigenvalue weighted by Crippen LogP contribution is 2.32. The summed E-state index contributed by atoms with van der Waals surface area (Å²) in [5.41, 5.74) is 2.27. The lowest BCUT2D eigenvalue weighted by atomic mass is 9.87. The number of ether oxygens (including phenoxy) is 3. The van der Waals surface area contributed by atoms with Crippen molar-refractivity contribution >= 4 is 17.7 Å². The standard InChI is InChI=1S/C30H28O6/c1-19(2)28(32)35-25-15-11-22(12-16-25)21-7-9-23(10-8-21)27(31)30(5,34-6)24-13-17-26(18-14-24)36-29(33)20(3)4/h7-18H,1,3H2,2,4-6H3. The number of methoxy groups -OCH3 is 1. The Morgan fingerprint density at radius 2 is 1.06 bits per heavy atom. The molecule has 0 saturated heterocycles. The molecule has 0 radical (unpaired) electrons. The lowest BCUT2D eigenvalue weighted by molar-refractivity contribution is -0.130. The van der Waals surface area contributed by atoms with Crippen LogP contribution >= 0.6 is 0 Å². The van der Waals surface area contributed by atoms with Gasteiger partial charge in [0, 0.05) is 23.8 Å². The van der Waals surface area contributed by atoms with Crippen molar-refractivity contribution in [2.24, 2.45) is 0 Å². The van der Waals surface area contributed by atoms with Gasteiger partial charge in [-0.25, -0.2) is 9.59 Å². The summed E-state index contributed by atoms with van der Waals surface area (Å²) in [6.45, 7) is 12.0. The summed E-state index contributed by atoms with van der Waals surface area (Å²) < 4.78 is 16.1. The molecule has 0 N–H and O–H groups in total. The molecule has 3 aromatic rings. The maximum atomic E-state index is 13.4. The normalized spacial score (nSPS) is 12.2. The van der Waals surface area contributed by atoms with E-state index in [2.05, 4.69) is 13.2 Å². The minimum absolute atomic E-state index is 0.217. The van der Waals surface area contributed by atoms with Gasteiger partial charge in [0.2, 0.25) is 0 Å². The summed E-state index contributed by atoms with van der Waals surface area (Å²) in [5, 5.41) is 0. The van der Waals surface area contributed by atoms with Crippen LogP contribution in [0.4, 0.5) is 0 Å². The summed E-state index contributed by atoms with van der Waals surface area (Å²) in [6, 6.07) is 20.9. The van der Waals surface area contributed by atoms with Crippen LogP contribution in [0, 0.1) is 0 Å². The predicted octanol–water partition coefficient (Wildman–Crippen LogP) is 6.06. The molecule has 6 nitrogen and oxygen atoms in total. The summed E-state index contributed by atoms with van der Waals surface area (Å²) in [4.78, 5) is 36.8. The molecule has 0 heterocycles. The molecule has 1 unspecified atom stereocenters. The fourth-order valence-electron chi connectivity index (χ4n) is 3.38. The van der Waals surface area contributed by atoms with Crippen molar-refractivity contribution in [2.75, 3.05) is 7.11 Å². The second-order valence-electron chi connectivity index (χ2n) is 8.53. The first-order valence-corrected chi connectivity index (χ1v) is 11.2. The largest absolute Gasteiger partial charge is 0.423 e. The van der Waals surface area contributed by atoms with E-state index in [0.29, 0.717) is 33.8 Å². The second kappa shape index (κ2) is 11.0. The van der Waals surface area contributed by atoms with Crippen molar-refractivity contribution in [3.8, 4) is 22.6 Å². The number of esters is 2. The van der Waals surface area contributed by atoms with Crippen LogP contribution in [-0.4, -0.2) is 24.8 Å². The average Bonchev–Trinajstić information content (AvgIpc) is 2.88. The third kappa shape index (κ3) is 5.85. The first-order chi connectivity index (χ1) is 17.0.